The molecule has 1 fully saturated rings. The van der Waals surface area contributed by atoms with E-state index >= 15 is 0 Å². The molecule has 1 aromatic carbocycles. The fourth-order valence-corrected chi connectivity index (χ4v) is 3.79. The van der Waals surface area contributed by atoms with Crippen LogP contribution in [0.2, 0.25) is 0 Å². The quantitative estimate of drug-likeness (QED) is 0.651. The summed E-state index contributed by atoms with van der Waals surface area (Å²) in [5, 5.41) is 23.2. The zero-order valence-corrected chi connectivity index (χ0v) is 17.2. The van der Waals surface area contributed by atoms with Crippen LogP contribution in [0.25, 0.3) is 21.8 Å². The van der Waals surface area contributed by atoms with Crippen molar-refractivity contribution < 1.29 is 5.11 Å². The van der Waals surface area contributed by atoms with Crippen LogP contribution in [-0.2, 0) is 0 Å². The van der Waals surface area contributed by atoms with E-state index in [0.717, 1.165) is 30.1 Å². The van der Waals surface area contributed by atoms with Crippen molar-refractivity contribution in [3.8, 4) is 27.6 Å². The molecule has 0 radical (unpaired) electrons. The van der Waals surface area contributed by atoms with Crippen LogP contribution in [0.4, 0.5) is 5.95 Å². The van der Waals surface area contributed by atoms with Gasteiger partial charge in [-0.1, -0.05) is 19.9 Å². The van der Waals surface area contributed by atoms with Crippen molar-refractivity contribution in [3.05, 3.63) is 30.7 Å². The Labute approximate surface area is 173 Å². The molecule has 1 atom stereocenters. The number of rotatable bonds is 5. The van der Waals surface area contributed by atoms with Crippen molar-refractivity contribution in [2.75, 3.05) is 18.0 Å². The first kappa shape index (κ1) is 20.4. The number of aromatic nitrogens is 5. The number of benzene rings is 1. The van der Waals surface area contributed by atoms with E-state index in [1.165, 1.54) is 17.9 Å². The lowest BCUT2D eigenvalue weighted by molar-refractivity contribution is 0.477. The summed E-state index contributed by atoms with van der Waals surface area (Å²) < 4.78 is 3.98. The van der Waals surface area contributed by atoms with Gasteiger partial charge in [-0.2, -0.15) is 4.37 Å². The van der Waals surface area contributed by atoms with Crippen molar-refractivity contribution in [1.82, 2.24) is 29.9 Å². The Morgan fingerprint density at radius 1 is 1.25 bits per heavy atom. The molecule has 10 heteroatoms. The largest absolute Gasteiger partial charge is 0.507 e. The molecule has 28 heavy (non-hydrogen) atoms. The predicted molar refractivity (Wildman–Crippen MR) is 112 cm³/mol. The number of nitrogens with one attached hydrogen (secondary N) is 1. The van der Waals surface area contributed by atoms with Gasteiger partial charge in [0.25, 0.3) is 0 Å². The molecular weight excluding hydrogens is 398 g/mol. The van der Waals surface area contributed by atoms with Crippen LogP contribution in [0.3, 0.4) is 0 Å². The molecule has 148 valence electrons. The number of halogens is 1. The third-order valence-electron chi connectivity index (χ3n) is 4.47. The summed E-state index contributed by atoms with van der Waals surface area (Å²) in [4.78, 5) is 10.7. The molecule has 0 aliphatic carbocycles. The van der Waals surface area contributed by atoms with Crippen LogP contribution >= 0.6 is 23.9 Å². The number of aromatic hydroxyl groups is 1. The van der Waals surface area contributed by atoms with Crippen LogP contribution < -0.4 is 10.2 Å². The molecule has 0 saturated carbocycles. The van der Waals surface area contributed by atoms with E-state index in [-0.39, 0.29) is 18.2 Å². The molecule has 4 rings (SSSR count). The van der Waals surface area contributed by atoms with E-state index in [0.29, 0.717) is 29.3 Å². The van der Waals surface area contributed by atoms with E-state index < -0.39 is 0 Å². The molecule has 3 aromatic rings. The van der Waals surface area contributed by atoms with Crippen LogP contribution in [-0.4, -0.2) is 54.8 Å². The Morgan fingerprint density at radius 3 is 2.75 bits per heavy atom. The maximum atomic E-state index is 10.4. The summed E-state index contributed by atoms with van der Waals surface area (Å²) in [6.45, 7) is 6.09. The van der Waals surface area contributed by atoms with Gasteiger partial charge in [-0.3, -0.25) is 0 Å². The van der Waals surface area contributed by atoms with Crippen molar-refractivity contribution in [2.24, 2.45) is 0 Å². The number of hydrogen-bond acceptors (Lipinski definition) is 9. The van der Waals surface area contributed by atoms with Gasteiger partial charge in [0.1, 0.15) is 22.8 Å². The van der Waals surface area contributed by atoms with Crippen LogP contribution in [0.15, 0.2) is 30.7 Å². The van der Waals surface area contributed by atoms with Crippen LogP contribution in [0.1, 0.15) is 20.3 Å². The average molecular weight is 420 g/mol. The number of hydrogen-bond donors (Lipinski definition) is 2. The van der Waals surface area contributed by atoms with Crippen LogP contribution in [0, 0.1) is 0 Å². The van der Waals surface area contributed by atoms with Crippen molar-refractivity contribution in [3.63, 3.8) is 0 Å². The van der Waals surface area contributed by atoms with Gasteiger partial charge in [-0.25, -0.2) is 9.97 Å². The fourth-order valence-electron chi connectivity index (χ4n) is 3.27. The minimum absolute atomic E-state index is 0. The molecule has 8 nitrogen and oxygen atoms in total. The number of phenols is 1. The van der Waals surface area contributed by atoms with Gasteiger partial charge in [0.15, 0.2) is 0 Å². The predicted octanol–water partition coefficient (Wildman–Crippen LogP) is 2.76. The van der Waals surface area contributed by atoms with Crippen LogP contribution in [0.5, 0.6) is 5.75 Å². The lowest BCUT2D eigenvalue weighted by Gasteiger charge is -2.18. The molecule has 1 aliphatic heterocycles. The normalized spacial score (nSPS) is 16.4. The summed E-state index contributed by atoms with van der Waals surface area (Å²) in [5.74, 6) is 0.741. The summed E-state index contributed by atoms with van der Waals surface area (Å²) in [7, 11) is 0. The standard InChI is InChI=1S/C18H21N7OS.ClH/c1-11(2)22-13-5-6-25(9-13)18-19-8-15(23-24-18)14-4-3-12(7-16(14)26)17-20-10-21-27-17;/h3-4,7-8,10-11,13,22,26H,5-6,9H2,1-2H3;1H. The Bertz CT molecular complexity index is 905. The molecule has 2 N–H and O–H groups in total. The smallest absolute Gasteiger partial charge is 0.245 e. The molecule has 1 aliphatic rings. The zero-order valence-electron chi connectivity index (χ0n) is 15.6. The summed E-state index contributed by atoms with van der Waals surface area (Å²) >= 11 is 1.28. The topological polar surface area (TPSA) is 100.0 Å². The highest BCUT2D eigenvalue weighted by atomic mass is 35.5. The number of nitrogens with zero attached hydrogens (tertiary/aromatic N) is 6. The first-order valence-corrected chi connectivity index (χ1v) is 9.68. The summed E-state index contributed by atoms with van der Waals surface area (Å²) in [6, 6.07) is 6.25. The first-order chi connectivity index (χ1) is 13.1. The SMILES string of the molecule is CC(C)NC1CCN(c2ncc(-c3ccc(-c4ncns4)cc3O)nn2)C1.Cl. The van der Waals surface area contributed by atoms with E-state index in [1.807, 2.05) is 6.07 Å². The molecule has 1 saturated heterocycles. The first-order valence-electron chi connectivity index (χ1n) is 8.91. The van der Waals surface area contributed by atoms with Gasteiger partial charge in [0.05, 0.1) is 6.20 Å². The molecule has 3 heterocycles. The highest BCUT2D eigenvalue weighted by Gasteiger charge is 2.25. The van der Waals surface area contributed by atoms with Crippen molar-refractivity contribution >= 4 is 29.9 Å². The Kier molecular flexibility index (Phi) is 6.38. The Morgan fingerprint density at radius 2 is 2.11 bits per heavy atom. The average Bonchev–Trinajstić information content (AvgIpc) is 3.33. The van der Waals surface area contributed by atoms with Gasteiger partial charge in [0.2, 0.25) is 5.95 Å². The Hall–Kier alpha value is -2.36. The highest BCUT2D eigenvalue weighted by Crippen LogP contribution is 2.32. The third kappa shape index (κ3) is 4.37. The molecule has 2 aromatic heterocycles. The second-order valence-corrected chi connectivity index (χ2v) is 7.65. The second-order valence-electron chi connectivity index (χ2n) is 6.87. The van der Waals surface area contributed by atoms with E-state index in [2.05, 4.69) is 48.6 Å². The van der Waals surface area contributed by atoms with E-state index in [4.69, 9.17) is 0 Å². The van der Waals surface area contributed by atoms with Crippen molar-refractivity contribution in [2.45, 2.75) is 32.4 Å². The maximum absolute atomic E-state index is 10.4. The Balaban J connectivity index is 0.00000225. The van der Waals surface area contributed by atoms with Crippen molar-refractivity contribution in [1.29, 1.82) is 0 Å². The molecule has 0 spiro atoms. The lowest BCUT2D eigenvalue weighted by atomic mass is 10.1. The van der Waals surface area contributed by atoms with Gasteiger partial charge < -0.3 is 15.3 Å². The van der Waals surface area contributed by atoms with Gasteiger partial charge in [-0.05, 0) is 30.1 Å². The number of phenolic OH excluding ortho intramolecular Hbond substituents is 1. The highest BCUT2D eigenvalue weighted by molar-refractivity contribution is 7.09. The minimum Gasteiger partial charge on any atom is -0.507 e. The lowest BCUT2D eigenvalue weighted by Crippen LogP contribution is -2.37. The van der Waals surface area contributed by atoms with Gasteiger partial charge in [0, 0.05) is 36.3 Å². The minimum atomic E-state index is 0. The summed E-state index contributed by atoms with van der Waals surface area (Å²) in [6.07, 6.45) is 4.22. The second kappa shape index (κ2) is 8.76. The molecule has 0 bridgehead atoms. The maximum Gasteiger partial charge on any atom is 0.245 e. The zero-order chi connectivity index (χ0) is 18.8. The fraction of sp³-hybridized carbons (Fsp3) is 0.389. The van der Waals surface area contributed by atoms with Gasteiger partial charge >= 0.3 is 0 Å². The molecule has 0 amide bonds. The van der Waals surface area contributed by atoms with E-state index in [9.17, 15) is 5.11 Å². The number of anilines is 1. The summed E-state index contributed by atoms with van der Waals surface area (Å²) in [5.41, 5.74) is 1.95. The molecule has 1 unspecified atom stereocenters. The third-order valence-corrected chi connectivity index (χ3v) is 5.19. The van der Waals surface area contributed by atoms with Gasteiger partial charge in [-0.15, -0.1) is 22.6 Å². The van der Waals surface area contributed by atoms with E-state index in [1.54, 1.807) is 18.3 Å². The molecular formula is C18H22ClN7OS. The monoisotopic (exact) mass is 419 g/mol.